The van der Waals surface area contributed by atoms with E-state index in [4.69, 9.17) is 4.74 Å². The summed E-state index contributed by atoms with van der Waals surface area (Å²) in [4.78, 5) is 35.6. The Balaban J connectivity index is 1.98. The minimum absolute atomic E-state index is 0.0981. The molecule has 2 N–H and O–H groups in total. The highest BCUT2D eigenvalue weighted by Crippen LogP contribution is 2.27. The third-order valence-electron chi connectivity index (χ3n) is 4.12. The highest BCUT2D eigenvalue weighted by molar-refractivity contribution is 7.89. The van der Waals surface area contributed by atoms with Crippen LogP contribution in [0.5, 0.6) is 0 Å². The lowest BCUT2D eigenvalue weighted by Gasteiger charge is -2.22. The van der Waals surface area contributed by atoms with E-state index in [9.17, 15) is 22.8 Å². The van der Waals surface area contributed by atoms with E-state index in [1.54, 1.807) is 26.0 Å². The molecule has 1 heterocycles. The van der Waals surface area contributed by atoms with Gasteiger partial charge in [0.1, 0.15) is 6.04 Å². The normalized spacial score (nSPS) is 17.4. The second-order valence-electron chi connectivity index (χ2n) is 6.87. The van der Waals surface area contributed by atoms with Gasteiger partial charge in [-0.2, -0.15) is 4.31 Å². The number of sulfonamides is 1. The van der Waals surface area contributed by atoms with Crippen molar-refractivity contribution in [2.75, 3.05) is 13.2 Å². The summed E-state index contributed by atoms with van der Waals surface area (Å²) >= 11 is 0. The fourth-order valence-electron chi connectivity index (χ4n) is 2.80. The Bertz CT molecular complexity index is 835. The molecule has 10 heteroatoms. The zero-order valence-corrected chi connectivity index (χ0v) is 16.9. The molecular formula is C18H25N3O6S. The van der Waals surface area contributed by atoms with Gasteiger partial charge in [-0.1, -0.05) is 17.7 Å². The van der Waals surface area contributed by atoms with Gasteiger partial charge >= 0.3 is 12.0 Å². The Labute approximate surface area is 164 Å². The molecule has 1 aliphatic rings. The number of carbonyl (C=O) groups is 3. The van der Waals surface area contributed by atoms with E-state index in [2.05, 4.69) is 5.32 Å². The molecule has 3 amide bonds. The fraction of sp³-hybridized carbons (Fsp3) is 0.500. The number of hydrogen-bond donors (Lipinski definition) is 2. The van der Waals surface area contributed by atoms with Crippen molar-refractivity contribution < 1.29 is 27.5 Å². The first-order chi connectivity index (χ1) is 13.1. The Hall–Kier alpha value is -2.46. The van der Waals surface area contributed by atoms with E-state index in [1.165, 1.54) is 12.1 Å². The SMILES string of the molecule is Cc1ccc(S(=O)(=O)N2CCC[C@H]2C(=O)OCC(=O)NC(=O)NC(C)C)cc1. The molecule has 0 bridgehead atoms. The van der Waals surface area contributed by atoms with Crippen LogP contribution in [0.25, 0.3) is 0 Å². The van der Waals surface area contributed by atoms with Gasteiger partial charge in [-0.15, -0.1) is 0 Å². The van der Waals surface area contributed by atoms with E-state index in [0.29, 0.717) is 12.8 Å². The summed E-state index contributed by atoms with van der Waals surface area (Å²) < 4.78 is 31.7. The molecule has 9 nitrogen and oxygen atoms in total. The number of amides is 3. The van der Waals surface area contributed by atoms with Gasteiger partial charge in [-0.25, -0.2) is 13.2 Å². The molecule has 2 rings (SSSR count). The van der Waals surface area contributed by atoms with E-state index in [-0.39, 0.29) is 17.5 Å². The minimum atomic E-state index is -3.85. The van der Waals surface area contributed by atoms with Crippen LogP contribution < -0.4 is 10.6 Å². The van der Waals surface area contributed by atoms with Crippen molar-refractivity contribution in [1.82, 2.24) is 14.9 Å². The maximum atomic E-state index is 12.8. The predicted molar refractivity (Wildman–Crippen MR) is 101 cm³/mol. The number of esters is 1. The van der Waals surface area contributed by atoms with Crippen LogP contribution in [0, 0.1) is 6.92 Å². The van der Waals surface area contributed by atoms with E-state index in [0.717, 1.165) is 9.87 Å². The summed E-state index contributed by atoms with van der Waals surface area (Å²) in [6, 6.07) is 4.50. The molecule has 0 spiro atoms. The van der Waals surface area contributed by atoms with Gasteiger partial charge in [0.2, 0.25) is 10.0 Å². The van der Waals surface area contributed by atoms with Crippen molar-refractivity contribution in [3.05, 3.63) is 29.8 Å². The van der Waals surface area contributed by atoms with Crippen molar-refractivity contribution in [3.63, 3.8) is 0 Å². The summed E-state index contributed by atoms with van der Waals surface area (Å²) in [6.07, 6.45) is 0.813. The Morgan fingerprint density at radius 1 is 1.21 bits per heavy atom. The standard InChI is InChI=1S/C18H25N3O6S/c1-12(2)19-18(24)20-16(22)11-27-17(23)15-5-4-10-21(15)28(25,26)14-8-6-13(3)7-9-14/h6-9,12,15H,4-5,10-11H2,1-3H3,(H2,19,20,22,24)/t15-/m0/s1. The topological polar surface area (TPSA) is 122 Å². The second kappa shape index (κ2) is 9.16. The monoisotopic (exact) mass is 411 g/mol. The summed E-state index contributed by atoms with van der Waals surface area (Å²) in [5, 5.41) is 4.50. The number of urea groups is 1. The third kappa shape index (κ3) is 5.52. The zero-order valence-electron chi connectivity index (χ0n) is 16.1. The van der Waals surface area contributed by atoms with Crippen LogP contribution in [0.15, 0.2) is 29.2 Å². The summed E-state index contributed by atoms with van der Waals surface area (Å²) in [5.74, 6) is -1.61. The largest absolute Gasteiger partial charge is 0.454 e. The van der Waals surface area contributed by atoms with Gasteiger partial charge in [0.05, 0.1) is 4.90 Å². The molecule has 0 aliphatic carbocycles. The average Bonchev–Trinajstić information content (AvgIpc) is 3.10. The smallest absolute Gasteiger partial charge is 0.324 e. The molecule has 1 aromatic rings. The molecule has 1 fully saturated rings. The fourth-order valence-corrected chi connectivity index (χ4v) is 4.45. The molecule has 1 aromatic carbocycles. The van der Waals surface area contributed by atoms with Crippen LogP contribution in [0.3, 0.4) is 0 Å². The summed E-state index contributed by atoms with van der Waals surface area (Å²) in [5.41, 5.74) is 0.920. The average molecular weight is 411 g/mol. The number of rotatable bonds is 6. The maximum Gasteiger partial charge on any atom is 0.324 e. The summed E-state index contributed by atoms with van der Waals surface area (Å²) in [7, 11) is -3.85. The Morgan fingerprint density at radius 2 is 1.86 bits per heavy atom. The lowest BCUT2D eigenvalue weighted by atomic mass is 10.2. The third-order valence-corrected chi connectivity index (χ3v) is 6.04. The van der Waals surface area contributed by atoms with E-state index < -0.39 is 40.6 Å². The molecule has 1 aliphatic heterocycles. The van der Waals surface area contributed by atoms with Crippen molar-refractivity contribution in [2.24, 2.45) is 0 Å². The Morgan fingerprint density at radius 3 is 2.46 bits per heavy atom. The molecule has 1 atom stereocenters. The number of imide groups is 1. The molecule has 0 radical (unpaired) electrons. The predicted octanol–water partition coefficient (Wildman–Crippen LogP) is 0.926. The number of aryl methyl sites for hydroxylation is 1. The van der Waals surface area contributed by atoms with Crippen LogP contribution >= 0.6 is 0 Å². The van der Waals surface area contributed by atoms with Gasteiger partial charge < -0.3 is 10.1 Å². The van der Waals surface area contributed by atoms with Crippen molar-refractivity contribution in [3.8, 4) is 0 Å². The summed E-state index contributed by atoms with van der Waals surface area (Å²) in [6.45, 7) is 4.83. The molecule has 0 saturated carbocycles. The van der Waals surface area contributed by atoms with E-state index in [1.807, 2.05) is 12.2 Å². The number of carbonyl (C=O) groups excluding carboxylic acids is 3. The molecular weight excluding hydrogens is 386 g/mol. The lowest BCUT2D eigenvalue weighted by Crippen LogP contribution is -2.45. The highest BCUT2D eigenvalue weighted by Gasteiger charge is 2.40. The minimum Gasteiger partial charge on any atom is -0.454 e. The number of nitrogens with zero attached hydrogens (tertiary/aromatic N) is 1. The second-order valence-corrected chi connectivity index (χ2v) is 8.76. The lowest BCUT2D eigenvalue weighted by molar-refractivity contribution is -0.151. The van der Waals surface area contributed by atoms with Crippen molar-refractivity contribution in [2.45, 2.75) is 50.6 Å². The number of benzene rings is 1. The van der Waals surface area contributed by atoms with Gasteiger partial charge in [-0.3, -0.25) is 14.9 Å². The van der Waals surface area contributed by atoms with Crippen LogP contribution in [0.2, 0.25) is 0 Å². The van der Waals surface area contributed by atoms with Gasteiger partial charge in [0, 0.05) is 12.6 Å². The first kappa shape index (κ1) is 21.8. The number of hydrogen-bond acceptors (Lipinski definition) is 6. The molecule has 0 aromatic heterocycles. The van der Waals surface area contributed by atoms with Crippen molar-refractivity contribution >= 4 is 27.9 Å². The first-order valence-electron chi connectivity index (χ1n) is 8.96. The zero-order chi connectivity index (χ0) is 20.9. The number of nitrogens with one attached hydrogen (secondary N) is 2. The number of ether oxygens (including phenoxy) is 1. The van der Waals surface area contributed by atoms with Gasteiger partial charge in [-0.05, 0) is 45.7 Å². The van der Waals surface area contributed by atoms with Crippen LogP contribution in [0.4, 0.5) is 4.79 Å². The molecule has 28 heavy (non-hydrogen) atoms. The first-order valence-corrected chi connectivity index (χ1v) is 10.4. The van der Waals surface area contributed by atoms with E-state index >= 15 is 0 Å². The highest BCUT2D eigenvalue weighted by atomic mass is 32.2. The molecule has 1 saturated heterocycles. The van der Waals surface area contributed by atoms with Crippen LogP contribution in [-0.2, 0) is 24.3 Å². The maximum absolute atomic E-state index is 12.8. The molecule has 0 unspecified atom stereocenters. The quantitative estimate of drug-likeness (QED) is 0.672. The van der Waals surface area contributed by atoms with Crippen LogP contribution in [0.1, 0.15) is 32.3 Å². The van der Waals surface area contributed by atoms with Crippen molar-refractivity contribution in [1.29, 1.82) is 0 Å². The molecule has 154 valence electrons. The Kier molecular flexibility index (Phi) is 7.14. The van der Waals surface area contributed by atoms with Gasteiger partial charge in [0.15, 0.2) is 6.61 Å². The van der Waals surface area contributed by atoms with Crippen LogP contribution in [-0.4, -0.2) is 55.9 Å². The van der Waals surface area contributed by atoms with Gasteiger partial charge in [0.25, 0.3) is 5.91 Å².